The van der Waals surface area contributed by atoms with E-state index in [0.29, 0.717) is 22.3 Å². The molecule has 0 aliphatic rings. The summed E-state index contributed by atoms with van der Waals surface area (Å²) in [5.41, 5.74) is 6.58. The van der Waals surface area contributed by atoms with E-state index in [-0.39, 0.29) is 11.5 Å². The number of aromatic nitrogens is 4. The van der Waals surface area contributed by atoms with Gasteiger partial charge in [-0.3, -0.25) is 4.79 Å². The highest BCUT2D eigenvalue weighted by Gasteiger charge is 2.20. The molecule has 0 radical (unpaired) electrons. The minimum absolute atomic E-state index is 0.0161. The van der Waals surface area contributed by atoms with Crippen LogP contribution in [0.25, 0.3) is 5.69 Å². The van der Waals surface area contributed by atoms with Crippen LogP contribution in [0.3, 0.4) is 0 Å². The Kier molecular flexibility index (Phi) is 4.30. The highest BCUT2D eigenvalue weighted by molar-refractivity contribution is 6.30. The zero-order valence-corrected chi connectivity index (χ0v) is 13.4. The van der Waals surface area contributed by atoms with Crippen molar-refractivity contribution < 1.29 is 9.53 Å². The van der Waals surface area contributed by atoms with E-state index in [1.54, 1.807) is 30.3 Å². The predicted octanol–water partition coefficient (Wildman–Crippen LogP) is 2.16. The quantitative estimate of drug-likeness (QED) is 0.750. The molecular weight excluding hydrogens is 332 g/mol. The normalized spacial score (nSPS) is 10.4. The summed E-state index contributed by atoms with van der Waals surface area (Å²) in [6.45, 7) is 0. The van der Waals surface area contributed by atoms with E-state index in [1.807, 2.05) is 6.07 Å². The molecule has 9 heteroatoms. The van der Waals surface area contributed by atoms with E-state index in [0.717, 1.165) is 0 Å². The number of methoxy groups -OCH3 is 1. The number of nitrogens with two attached hydrogens (primary N) is 1. The van der Waals surface area contributed by atoms with Crippen LogP contribution in [0.15, 0.2) is 42.6 Å². The Bertz CT molecular complexity index is 878. The second-order valence-corrected chi connectivity index (χ2v) is 5.16. The van der Waals surface area contributed by atoms with Gasteiger partial charge in [-0.25, -0.2) is 4.98 Å². The van der Waals surface area contributed by atoms with E-state index in [2.05, 4.69) is 20.6 Å². The number of anilines is 2. The van der Waals surface area contributed by atoms with E-state index in [1.165, 1.54) is 18.0 Å². The number of ether oxygens (including phenoxy) is 1. The number of nitrogens with zero attached hydrogens (tertiary/aromatic N) is 4. The van der Waals surface area contributed by atoms with Crippen LogP contribution in [-0.4, -0.2) is 33.0 Å². The number of pyridine rings is 1. The third-order valence-electron chi connectivity index (χ3n) is 3.20. The van der Waals surface area contributed by atoms with Crippen molar-refractivity contribution in [2.45, 2.75) is 0 Å². The van der Waals surface area contributed by atoms with E-state index < -0.39 is 5.91 Å². The summed E-state index contributed by atoms with van der Waals surface area (Å²) >= 11 is 5.76. The Morgan fingerprint density at radius 2 is 2.08 bits per heavy atom. The number of benzene rings is 1. The maximum atomic E-state index is 12.3. The molecule has 2 heterocycles. The van der Waals surface area contributed by atoms with Crippen LogP contribution in [0.2, 0.25) is 5.02 Å². The number of carbonyl (C=O) groups excluding carboxylic acids is 1. The van der Waals surface area contributed by atoms with Gasteiger partial charge in [-0.2, -0.15) is 4.68 Å². The molecule has 0 bridgehead atoms. The van der Waals surface area contributed by atoms with Crippen molar-refractivity contribution in [3.63, 3.8) is 0 Å². The van der Waals surface area contributed by atoms with Gasteiger partial charge in [-0.15, -0.1) is 5.10 Å². The smallest absolute Gasteiger partial charge is 0.281 e. The number of amides is 1. The van der Waals surface area contributed by atoms with Crippen molar-refractivity contribution >= 4 is 29.1 Å². The van der Waals surface area contributed by atoms with Gasteiger partial charge in [0.2, 0.25) is 0 Å². The summed E-state index contributed by atoms with van der Waals surface area (Å²) in [6, 6.07) is 10.3. The highest BCUT2D eigenvalue weighted by atomic mass is 35.5. The number of rotatable bonds is 4. The lowest BCUT2D eigenvalue weighted by atomic mass is 10.3. The standard InChI is InChI=1S/C15H13ClN6O2/c1-24-11-5-3-2-4-10(11)22-14(17)13(20-21-22)15(23)19-12-7-6-9(16)8-18-12/h2-8H,17H2,1H3,(H,18,19,23). The van der Waals surface area contributed by atoms with Gasteiger partial charge in [0.25, 0.3) is 5.91 Å². The Labute approximate surface area is 142 Å². The summed E-state index contributed by atoms with van der Waals surface area (Å²) in [7, 11) is 1.53. The molecule has 1 aromatic carbocycles. The second-order valence-electron chi connectivity index (χ2n) is 4.72. The lowest BCUT2D eigenvalue weighted by molar-refractivity contribution is 0.102. The molecule has 1 amide bonds. The fourth-order valence-corrected chi connectivity index (χ4v) is 2.17. The predicted molar refractivity (Wildman–Crippen MR) is 89.5 cm³/mol. The Morgan fingerprint density at radius 3 is 2.79 bits per heavy atom. The summed E-state index contributed by atoms with van der Waals surface area (Å²) in [4.78, 5) is 16.3. The van der Waals surface area contributed by atoms with Gasteiger partial charge >= 0.3 is 0 Å². The first kappa shape index (κ1) is 15.8. The summed E-state index contributed by atoms with van der Waals surface area (Å²) in [5.74, 6) is 0.450. The van der Waals surface area contributed by atoms with Crippen LogP contribution in [-0.2, 0) is 0 Å². The molecule has 0 aliphatic carbocycles. The maximum Gasteiger partial charge on any atom is 0.281 e. The molecule has 0 saturated heterocycles. The number of nitrogen functional groups attached to an aromatic ring is 1. The number of halogens is 1. The van der Waals surface area contributed by atoms with E-state index >= 15 is 0 Å². The van der Waals surface area contributed by atoms with Crippen LogP contribution in [0, 0.1) is 0 Å². The summed E-state index contributed by atoms with van der Waals surface area (Å²) in [5, 5.41) is 10.8. The lowest BCUT2D eigenvalue weighted by Gasteiger charge is -2.08. The monoisotopic (exact) mass is 344 g/mol. The van der Waals surface area contributed by atoms with Gasteiger partial charge in [-0.1, -0.05) is 28.9 Å². The zero-order chi connectivity index (χ0) is 17.1. The Morgan fingerprint density at radius 1 is 1.29 bits per heavy atom. The second kappa shape index (κ2) is 6.55. The minimum atomic E-state index is -0.525. The molecule has 0 aliphatic heterocycles. The average molecular weight is 345 g/mol. The highest BCUT2D eigenvalue weighted by Crippen LogP contribution is 2.24. The lowest BCUT2D eigenvalue weighted by Crippen LogP contribution is -2.15. The first-order chi connectivity index (χ1) is 11.6. The van der Waals surface area contributed by atoms with Crippen molar-refractivity contribution in [2.24, 2.45) is 0 Å². The largest absolute Gasteiger partial charge is 0.494 e. The molecule has 0 spiro atoms. The Balaban J connectivity index is 1.89. The van der Waals surface area contributed by atoms with Crippen LogP contribution in [0.4, 0.5) is 11.6 Å². The van der Waals surface area contributed by atoms with Crippen LogP contribution in [0.1, 0.15) is 10.5 Å². The average Bonchev–Trinajstić information content (AvgIpc) is 2.98. The molecule has 0 saturated carbocycles. The molecule has 2 aromatic heterocycles. The maximum absolute atomic E-state index is 12.3. The molecule has 24 heavy (non-hydrogen) atoms. The fraction of sp³-hybridized carbons (Fsp3) is 0.0667. The Hall–Kier alpha value is -3.13. The van der Waals surface area contributed by atoms with Gasteiger partial charge in [0.1, 0.15) is 17.3 Å². The third kappa shape index (κ3) is 2.99. The SMILES string of the molecule is COc1ccccc1-n1nnc(C(=O)Nc2ccc(Cl)cn2)c1N. The first-order valence-electron chi connectivity index (χ1n) is 6.87. The van der Waals surface area contributed by atoms with Crippen molar-refractivity contribution in [3.05, 3.63) is 53.3 Å². The fourth-order valence-electron chi connectivity index (χ4n) is 2.06. The van der Waals surface area contributed by atoms with Crippen molar-refractivity contribution in [1.82, 2.24) is 20.0 Å². The molecule has 3 aromatic rings. The minimum Gasteiger partial charge on any atom is -0.494 e. The van der Waals surface area contributed by atoms with Crippen LogP contribution >= 0.6 is 11.6 Å². The van der Waals surface area contributed by atoms with Gasteiger partial charge in [0.15, 0.2) is 11.5 Å². The molecule has 8 nitrogen and oxygen atoms in total. The number of hydrogen-bond acceptors (Lipinski definition) is 6. The molecule has 0 atom stereocenters. The molecule has 122 valence electrons. The third-order valence-corrected chi connectivity index (χ3v) is 3.43. The number of carbonyl (C=O) groups is 1. The van der Waals surface area contributed by atoms with Gasteiger partial charge in [0, 0.05) is 6.20 Å². The van der Waals surface area contributed by atoms with Crippen LogP contribution in [0.5, 0.6) is 5.75 Å². The number of para-hydroxylation sites is 2. The number of hydrogen-bond donors (Lipinski definition) is 2. The molecule has 0 fully saturated rings. The van der Waals surface area contributed by atoms with Crippen molar-refractivity contribution in [3.8, 4) is 11.4 Å². The van der Waals surface area contributed by atoms with Crippen molar-refractivity contribution in [2.75, 3.05) is 18.2 Å². The molecular formula is C15H13ClN6O2. The van der Waals surface area contributed by atoms with Crippen LogP contribution < -0.4 is 15.8 Å². The summed E-state index contributed by atoms with van der Waals surface area (Å²) < 4.78 is 6.60. The molecule has 3 rings (SSSR count). The first-order valence-corrected chi connectivity index (χ1v) is 7.25. The van der Waals surface area contributed by atoms with Gasteiger partial charge < -0.3 is 15.8 Å². The summed E-state index contributed by atoms with van der Waals surface area (Å²) in [6.07, 6.45) is 1.42. The van der Waals surface area contributed by atoms with Gasteiger partial charge in [-0.05, 0) is 24.3 Å². The topological polar surface area (TPSA) is 108 Å². The van der Waals surface area contributed by atoms with E-state index in [9.17, 15) is 4.79 Å². The van der Waals surface area contributed by atoms with Gasteiger partial charge in [0.05, 0.1) is 12.1 Å². The zero-order valence-electron chi connectivity index (χ0n) is 12.6. The van der Waals surface area contributed by atoms with Crippen molar-refractivity contribution in [1.29, 1.82) is 0 Å². The molecule has 3 N–H and O–H groups in total. The van der Waals surface area contributed by atoms with E-state index in [4.69, 9.17) is 22.1 Å². The molecule has 0 unspecified atom stereocenters. The number of nitrogens with one attached hydrogen (secondary N) is 1.